The standard InChI is InChI=1S/C21H25IN4O2/c1-12(2)18-17-15(23-20(27)28-21(4,5)6)11-16(22)24-19(17)26(25-18)14-9-7-8-13(3)10-14/h7-12H,1-6H3,(H,23,24,27). The van der Waals surface area contributed by atoms with E-state index in [0.717, 1.165) is 26.0 Å². The zero-order valence-electron chi connectivity index (χ0n) is 17.0. The van der Waals surface area contributed by atoms with Gasteiger partial charge in [-0.3, -0.25) is 5.32 Å². The smallest absolute Gasteiger partial charge is 0.412 e. The number of hydrogen-bond donors (Lipinski definition) is 1. The van der Waals surface area contributed by atoms with Crippen LogP contribution in [-0.2, 0) is 4.74 Å². The Morgan fingerprint density at radius 3 is 2.57 bits per heavy atom. The first-order valence-electron chi connectivity index (χ1n) is 9.21. The molecule has 0 bridgehead atoms. The van der Waals surface area contributed by atoms with Crippen molar-refractivity contribution in [2.75, 3.05) is 5.32 Å². The first-order chi connectivity index (χ1) is 13.0. The molecule has 0 unspecified atom stereocenters. The van der Waals surface area contributed by atoms with Gasteiger partial charge in [0.1, 0.15) is 9.30 Å². The van der Waals surface area contributed by atoms with E-state index in [2.05, 4.69) is 47.8 Å². The van der Waals surface area contributed by atoms with E-state index in [-0.39, 0.29) is 5.92 Å². The van der Waals surface area contributed by atoms with Crippen LogP contribution >= 0.6 is 22.6 Å². The van der Waals surface area contributed by atoms with Gasteiger partial charge in [-0.15, -0.1) is 0 Å². The Balaban J connectivity index is 2.19. The maximum absolute atomic E-state index is 12.4. The van der Waals surface area contributed by atoms with E-state index in [4.69, 9.17) is 14.8 Å². The van der Waals surface area contributed by atoms with Gasteiger partial charge in [-0.05, 0) is 80.0 Å². The minimum atomic E-state index is -0.573. The summed E-state index contributed by atoms with van der Waals surface area (Å²) in [5, 5.41) is 8.57. The number of rotatable bonds is 3. The molecule has 0 saturated carbocycles. The Bertz CT molecular complexity index is 1030. The summed E-state index contributed by atoms with van der Waals surface area (Å²) < 4.78 is 8.05. The SMILES string of the molecule is Cc1cccc(-n2nc(C(C)C)c3c(NC(=O)OC(C)(C)C)cc(I)nc32)c1. The third-order valence-corrected chi connectivity index (χ3v) is 4.61. The second kappa shape index (κ2) is 7.69. The third-order valence-electron chi connectivity index (χ3n) is 4.06. The lowest BCUT2D eigenvalue weighted by molar-refractivity contribution is 0.0636. The number of nitrogens with one attached hydrogen (secondary N) is 1. The summed E-state index contributed by atoms with van der Waals surface area (Å²) >= 11 is 2.15. The molecule has 0 aliphatic heterocycles. The highest BCUT2D eigenvalue weighted by molar-refractivity contribution is 14.1. The van der Waals surface area contributed by atoms with Gasteiger partial charge in [0.15, 0.2) is 5.65 Å². The van der Waals surface area contributed by atoms with Gasteiger partial charge in [0.2, 0.25) is 0 Å². The molecule has 0 fully saturated rings. The maximum Gasteiger partial charge on any atom is 0.412 e. The van der Waals surface area contributed by atoms with Crippen LogP contribution in [0.15, 0.2) is 30.3 Å². The van der Waals surface area contributed by atoms with E-state index in [1.54, 1.807) is 0 Å². The molecule has 1 amide bonds. The number of fused-ring (bicyclic) bond motifs is 1. The van der Waals surface area contributed by atoms with Gasteiger partial charge in [-0.2, -0.15) is 5.10 Å². The number of benzene rings is 1. The van der Waals surface area contributed by atoms with Crippen LogP contribution in [0.3, 0.4) is 0 Å². The number of hydrogen-bond acceptors (Lipinski definition) is 4. The monoisotopic (exact) mass is 492 g/mol. The summed E-state index contributed by atoms with van der Waals surface area (Å²) in [4.78, 5) is 17.1. The van der Waals surface area contributed by atoms with Crippen molar-refractivity contribution >= 4 is 45.4 Å². The summed E-state index contributed by atoms with van der Waals surface area (Å²) in [7, 11) is 0. The number of carbonyl (C=O) groups is 1. The summed E-state index contributed by atoms with van der Waals surface area (Å²) in [5.74, 6) is 0.162. The molecular weight excluding hydrogens is 467 g/mol. The van der Waals surface area contributed by atoms with Crippen LogP contribution in [0.5, 0.6) is 0 Å². The van der Waals surface area contributed by atoms with Crippen molar-refractivity contribution in [1.29, 1.82) is 0 Å². The summed E-state index contributed by atoms with van der Waals surface area (Å²) in [5.41, 5.74) is 3.76. The molecule has 0 saturated heterocycles. The minimum absolute atomic E-state index is 0.162. The lowest BCUT2D eigenvalue weighted by atomic mass is 10.1. The van der Waals surface area contributed by atoms with Crippen molar-refractivity contribution in [2.45, 2.75) is 53.1 Å². The molecule has 28 heavy (non-hydrogen) atoms. The number of anilines is 1. The second-order valence-corrected chi connectivity index (χ2v) is 9.21. The van der Waals surface area contributed by atoms with E-state index in [0.29, 0.717) is 11.3 Å². The Morgan fingerprint density at radius 1 is 1.25 bits per heavy atom. The fraction of sp³-hybridized carbons (Fsp3) is 0.381. The Kier molecular flexibility index (Phi) is 5.65. The molecule has 7 heteroatoms. The van der Waals surface area contributed by atoms with Crippen LogP contribution in [0, 0.1) is 10.6 Å². The molecule has 0 spiro atoms. The van der Waals surface area contributed by atoms with Crippen LogP contribution in [-0.4, -0.2) is 26.5 Å². The Morgan fingerprint density at radius 2 is 1.96 bits per heavy atom. The predicted octanol–water partition coefficient (Wildman–Crippen LogP) is 5.80. The average Bonchev–Trinajstić information content (AvgIpc) is 2.92. The van der Waals surface area contributed by atoms with E-state index < -0.39 is 11.7 Å². The molecule has 6 nitrogen and oxygen atoms in total. The van der Waals surface area contributed by atoms with Crippen molar-refractivity contribution in [2.24, 2.45) is 0 Å². The van der Waals surface area contributed by atoms with Crippen LogP contribution < -0.4 is 5.32 Å². The number of ether oxygens (including phenoxy) is 1. The first kappa shape index (κ1) is 20.6. The lowest BCUT2D eigenvalue weighted by Crippen LogP contribution is -2.27. The molecule has 0 radical (unpaired) electrons. The summed E-state index contributed by atoms with van der Waals surface area (Å²) in [6, 6.07) is 9.97. The first-order valence-corrected chi connectivity index (χ1v) is 10.3. The molecule has 3 aromatic rings. The number of amides is 1. The largest absolute Gasteiger partial charge is 0.444 e. The average molecular weight is 492 g/mol. The van der Waals surface area contributed by atoms with Gasteiger partial charge in [0.25, 0.3) is 0 Å². The molecule has 148 valence electrons. The highest BCUT2D eigenvalue weighted by Gasteiger charge is 2.23. The normalized spacial score (nSPS) is 11.9. The van der Waals surface area contributed by atoms with Crippen LogP contribution in [0.1, 0.15) is 51.8 Å². The van der Waals surface area contributed by atoms with Gasteiger partial charge in [-0.25, -0.2) is 14.5 Å². The topological polar surface area (TPSA) is 69.0 Å². The number of halogens is 1. The molecule has 2 aromatic heterocycles. The van der Waals surface area contributed by atoms with Gasteiger partial charge < -0.3 is 4.74 Å². The van der Waals surface area contributed by atoms with E-state index in [1.165, 1.54) is 0 Å². The highest BCUT2D eigenvalue weighted by atomic mass is 127. The zero-order valence-corrected chi connectivity index (χ0v) is 19.2. The fourth-order valence-electron chi connectivity index (χ4n) is 2.97. The van der Waals surface area contributed by atoms with Crippen LogP contribution in [0.4, 0.5) is 10.5 Å². The Hall–Kier alpha value is -2.16. The quantitative estimate of drug-likeness (QED) is 0.371. The maximum atomic E-state index is 12.4. The van der Waals surface area contributed by atoms with Crippen molar-refractivity contribution in [3.8, 4) is 5.69 Å². The number of aromatic nitrogens is 3. The van der Waals surface area contributed by atoms with Gasteiger partial charge in [0.05, 0.1) is 22.5 Å². The number of carbonyl (C=O) groups excluding carboxylic acids is 1. The minimum Gasteiger partial charge on any atom is -0.444 e. The van der Waals surface area contributed by atoms with E-state index in [9.17, 15) is 4.79 Å². The van der Waals surface area contributed by atoms with Crippen molar-refractivity contribution in [1.82, 2.24) is 14.8 Å². The molecule has 2 heterocycles. The van der Waals surface area contributed by atoms with Crippen molar-refractivity contribution in [3.05, 3.63) is 45.3 Å². The molecule has 0 aliphatic rings. The van der Waals surface area contributed by atoms with Gasteiger partial charge in [-0.1, -0.05) is 26.0 Å². The molecule has 3 rings (SSSR count). The van der Waals surface area contributed by atoms with Gasteiger partial charge >= 0.3 is 6.09 Å². The van der Waals surface area contributed by atoms with Crippen LogP contribution in [0.2, 0.25) is 0 Å². The predicted molar refractivity (Wildman–Crippen MR) is 120 cm³/mol. The van der Waals surface area contributed by atoms with Gasteiger partial charge in [0, 0.05) is 0 Å². The number of nitrogens with zero attached hydrogens (tertiary/aromatic N) is 3. The van der Waals surface area contributed by atoms with E-state index >= 15 is 0 Å². The molecule has 1 N–H and O–H groups in total. The van der Waals surface area contributed by atoms with E-state index in [1.807, 2.05) is 56.6 Å². The number of aryl methyl sites for hydroxylation is 1. The lowest BCUT2D eigenvalue weighted by Gasteiger charge is -2.20. The molecule has 0 atom stereocenters. The zero-order chi connectivity index (χ0) is 20.6. The molecular formula is C21H25IN4O2. The molecule has 0 aliphatic carbocycles. The van der Waals surface area contributed by atoms with Crippen molar-refractivity contribution < 1.29 is 9.53 Å². The Labute approximate surface area is 178 Å². The number of pyridine rings is 1. The summed E-state index contributed by atoms with van der Waals surface area (Å²) in [6.45, 7) is 11.7. The highest BCUT2D eigenvalue weighted by Crippen LogP contribution is 2.33. The fourth-order valence-corrected chi connectivity index (χ4v) is 3.51. The third kappa shape index (κ3) is 4.45. The van der Waals surface area contributed by atoms with Crippen molar-refractivity contribution in [3.63, 3.8) is 0 Å². The second-order valence-electron chi connectivity index (χ2n) is 8.11. The van der Waals surface area contributed by atoms with Crippen LogP contribution in [0.25, 0.3) is 16.7 Å². The summed E-state index contributed by atoms with van der Waals surface area (Å²) in [6.07, 6.45) is -0.492. The molecule has 1 aromatic carbocycles.